The number of aromatic nitrogens is 1. The third-order valence-electron chi connectivity index (χ3n) is 5.28. The zero-order valence-corrected chi connectivity index (χ0v) is 20.9. The van der Waals surface area contributed by atoms with Gasteiger partial charge in [-0.15, -0.1) is 0 Å². The van der Waals surface area contributed by atoms with Gasteiger partial charge in [0, 0.05) is 34.4 Å². The Kier molecular flexibility index (Phi) is 8.43. The Hall–Kier alpha value is -3.49. The zero-order chi connectivity index (χ0) is 25.7. The third kappa shape index (κ3) is 6.35. The first-order valence-corrected chi connectivity index (χ1v) is 11.5. The molecule has 2 amide bonds. The van der Waals surface area contributed by atoms with Crippen molar-refractivity contribution in [1.29, 1.82) is 0 Å². The number of pyridine rings is 1. The van der Waals surface area contributed by atoms with Crippen LogP contribution in [0.3, 0.4) is 0 Å². The average Bonchev–Trinajstić information content (AvgIpc) is 2.80. The minimum absolute atomic E-state index is 0.156. The van der Waals surface area contributed by atoms with Crippen molar-refractivity contribution < 1.29 is 19.4 Å². The molecule has 0 bridgehead atoms. The van der Waals surface area contributed by atoms with E-state index < -0.39 is 23.6 Å². The minimum Gasteiger partial charge on any atom is -0.505 e. The highest BCUT2D eigenvalue weighted by molar-refractivity contribution is 6.36. The van der Waals surface area contributed by atoms with Gasteiger partial charge in [-0.1, -0.05) is 47.5 Å². The molecular formula is C25H25Cl2N3O5. The summed E-state index contributed by atoms with van der Waals surface area (Å²) >= 11 is 12.4. The molecule has 1 aromatic heterocycles. The predicted molar refractivity (Wildman–Crippen MR) is 136 cm³/mol. The number of nitrogens with zero attached hydrogens (tertiary/aromatic N) is 1. The van der Waals surface area contributed by atoms with Crippen molar-refractivity contribution in [3.8, 4) is 16.9 Å². The van der Waals surface area contributed by atoms with E-state index in [2.05, 4.69) is 10.6 Å². The highest BCUT2D eigenvalue weighted by atomic mass is 35.5. The standard InChI is InChI=1S/C25H25Cl2N3O5/c1-4-35-21(31)12-20(28-25(34)29-22-23(32)14(2)13-30(3)24(22)33)16-7-5-6-15(10-16)18-9-8-17(26)11-19(18)27/h5-11,13,20,32H,4,12H2,1-3H3,(H2,28,29,34). The summed E-state index contributed by atoms with van der Waals surface area (Å²) in [5, 5.41) is 16.3. The number of hydrogen-bond acceptors (Lipinski definition) is 5. The van der Waals surface area contributed by atoms with Gasteiger partial charge in [0.1, 0.15) is 5.75 Å². The number of aryl methyl sites for hydroxylation is 2. The van der Waals surface area contributed by atoms with Crippen molar-refractivity contribution in [2.45, 2.75) is 26.3 Å². The molecule has 3 rings (SSSR count). The van der Waals surface area contributed by atoms with Crippen molar-refractivity contribution in [3.63, 3.8) is 0 Å². The van der Waals surface area contributed by atoms with Crippen molar-refractivity contribution in [1.82, 2.24) is 9.88 Å². The molecule has 184 valence electrons. The summed E-state index contributed by atoms with van der Waals surface area (Å²) in [6.45, 7) is 3.48. The number of urea groups is 1. The maximum absolute atomic E-state index is 12.8. The molecule has 35 heavy (non-hydrogen) atoms. The number of rotatable bonds is 7. The van der Waals surface area contributed by atoms with Crippen LogP contribution in [0.4, 0.5) is 10.5 Å². The normalized spacial score (nSPS) is 11.6. The zero-order valence-electron chi connectivity index (χ0n) is 19.4. The Morgan fingerprint density at radius 3 is 2.60 bits per heavy atom. The number of benzene rings is 2. The molecular weight excluding hydrogens is 493 g/mol. The number of nitrogens with one attached hydrogen (secondary N) is 2. The lowest BCUT2D eigenvalue weighted by Gasteiger charge is -2.20. The van der Waals surface area contributed by atoms with Crippen molar-refractivity contribution in [3.05, 3.63) is 80.2 Å². The molecule has 10 heteroatoms. The number of aromatic hydroxyl groups is 1. The summed E-state index contributed by atoms with van der Waals surface area (Å²) in [6.07, 6.45) is 1.30. The Bertz CT molecular complexity index is 1320. The fourth-order valence-corrected chi connectivity index (χ4v) is 4.11. The molecule has 0 aliphatic carbocycles. The van der Waals surface area contributed by atoms with E-state index in [1.807, 2.05) is 6.07 Å². The minimum atomic E-state index is -0.795. The topological polar surface area (TPSA) is 110 Å². The van der Waals surface area contributed by atoms with E-state index in [0.717, 1.165) is 11.1 Å². The first-order chi connectivity index (χ1) is 16.6. The molecule has 1 atom stereocenters. The first-order valence-electron chi connectivity index (χ1n) is 10.8. The largest absolute Gasteiger partial charge is 0.505 e. The van der Waals surface area contributed by atoms with Crippen LogP contribution in [-0.2, 0) is 16.6 Å². The molecule has 8 nitrogen and oxygen atoms in total. The van der Waals surface area contributed by atoms with Gasteiger partial charge in [-0.25, -0.2) is 4.79 Å². The summed E-state index contributed by atoms with van der Waals surface area (Å²) < 4.78 is 6.32. The number of carbonyl (C=O) groups is 2. The highest BCUT2D eigenvalue weighted by Gasteiger charge is 2.22. The van der Waals surface area contributed by atoms with Crippen LogP contribution >= 0.6 is 23.2 Å². The fraction of sp³-hybridized carbons (Fsp3) is 0.240. The van der Waals surface area contributed by atoms with Crippen LogP contribution in [0.2, 0.25) is 10.0 Å². The molecule has 3 aromatic rings. The molecule has 0 saturated carbocycles. The highest BCUT2D eigenvalue weighted by Crippen LogP contribution is 2.32. The second-order valence-corrected chi connectivity index (χ2v) is 8.71. The molecule has 0 fully saturated rings. The van der Waals surface area contributed by atoms with Crippen LogP contribution in [0.25, 0.3) is 11.1 Å². The molecule has 3 N–H and O–H groups in total. The number of esters is 1. The SMILES string of the molecule is CCOC(=O)CC(NC(=O)Nc1c(O)c(C)cn(C)c1=O)c1cccc(-c2ccc(Cl)cc2Cl)c1. The van der Waals surface area contributed by atoms with Gasteiger partial charge in [0.15, 0.2) is 5.69 Å². The van der Waals surface area contributed by atoms with Crippen molar-refractivity contribution in [2.75, 3.05) is 11.9 Å². The summed E-state index contributed by atoms with van der Waals surface area (Å²) in [7, 11) is 1.51. The van der Waals surface area contributed by atoms with Gasteiger partial charge in [0.25, 0.3) is 5.56 Å². The second kappa shape index (κ2) is 11.3. The number of amides is 2. The Labute approximate surface area is 212 Å². The van der Waals surface area contributed by atoms with Crippen LogP contribution in [0.1, 0.15) is 30.5 Å². The van der Waals surface area contributed by atoms with Crippen LogP contribution in [0.15, 0.2) is 53.5 Å². The smallest absolute Gasteiger partial charge is 0.319 e. The summed E-state index contributed by atoms with van der Waals surface area (Å²) in [4.78, 5) is 37.5. The van der Waals surface area contributed by atoms with Gasteiger partial charge in [-0.2, -0.15) is 0 Å². The summed E-state index contributed by atoms with van der Waals surface area (Å²) in [5.41, 5.74) is 1.66. The van der Waals surface area contributed by atoms with Crippen LogP contribution in [-0.4, -0.2) is 28.3 Å². The lowest BCUT2D eigenvalue weighted by Crippen LogP contribution is -2.36. The van der Waals surface area contributed by atoms with E-state index >= 15 is 0 Å². The Morgan fingerprint density at radius 1 is 1.17 bits per heavy atom. The van der Waals surface area contributed by atoms with E-state index in [0.29, 0.717) is 21.2 Å². The van der Waals surface area contributed by atoms with Crippen molar-refractivity contribution in [2.24, 2.45) is 7.05 Å². The van der Waals surface area contributed by atoms with E-state index in [4.69, 9.17) is 27.9 Å². The van der Waals surface area contributed by atoms with Gasteiger partial charge in [0.2, 0.25) is 0 Å². The molecule has 1 heterocycles. The maximum Gasteiger partial charge on any atom is 0.319 e. The molecule has 2 aromatic carbocycles. The molecule has 0 aliphatic rings. The van der Waals surface area contributed by atoms with Gasteiger partial charge in [-0.3, -0.25) is 9.59 Å². The maximum atomic E-state index is 12.8. The number of anilines is 1. The van der Waals surface area contributed by atoms with Gasteiger partial charge >= 0.3 is 12.0 Å². The summed E-state index contributed by atoms with van der Waals surface area (Å²) in [5.74, 6) is -0.841. The number of hydrogen-bond donors (Lipinski definition) is 3. The van der Waals surface area contributed by atoms with E-state index in [1.165, 1.54) is 17.8 Å². The van der Waals surface area contributed by atoms with E-state index in [9.17, 15) is 19.5 Å². The molecule has 0 aliphatic heterocycles. The van der Waals surface area contributed by atoms with Gasteiger partial charge in [0.05, 0.1) is 19.1 Å². The number of halogens is 2. The average molecular weight is 518 g/mol. The predicted octanol–water partition coefficient (Wildman–Crippen LogP) is 5.19. The monoisotopic (exact) mass is 517 g/mol. The van der Waals surface area contributed by atoms with Crippen LogP contribution in [0.5, 0.6) is 5.75 Å². The lowest BCUT2D eigenvalue weighted by atomic mass is 9.98. The summed E-state index contributed by atoms with van der Waals surface area (Å²) in [6, 6.07) is 10.7. The molecule has 0 spiro atoms. The number of carbonyl (C=O) groups excluding carboxylic acids is 2. The van der Waals surface area contributed by atoms with Crippen LogP contribution in [0, 0.1) is 6.92 Å². The van der Waals surface area contributed by atoms with Gasteiger partial charge < -0.3 is 25.0 Å². The van der Waals surface area contributed by atoms with E-state index in [1.54, 1.807) is 50.2 Å². The molecule has 1 unspecified atom stereocenters. The van der Waals surface area contributed by atoms with Gasteiger partial charge in [-0.05, 0) is 43.2 Å². The fourth-order valence-electron chi connectivity index (χ4n) is 3.59. The van der Waals surface area contributed by atoms with Crippen molar-refractivity contribution >= 4 is 40.9 Å². The quantitative estimate of drug-likeness (QED) is 0.373. The van der Waals surface area contributed by atoms with Crippen LogP contribution < -0.4 is 16.2 Å². The van der Waals surface area contributed by atoms with E-state index in [-0.39, 0.29) is 24.5 Å². The second-order valence-electron chi connectivity index (χ2n) is 7.86. The Balaban J connectivity index is 1.92. The lowest BCUT2D eigenvalue weighted by molar-refractivity contribution is -0.143. The molecule has 0 saturated heterocycles. The first kappa shape index (κ1) is 26.1. The Morgan fingerprint density at radius 2 is 1.91 bits per heavy atom. The third-order valence-corrected chi connectivity index (χ3v) is 5.83. The number of ether oxygens (including phenoxy) is 1. The molecule has 0 radical (unpaired) electrons.